The molecule has 0 spiro atoms. The number of hydrogen-bond acceptors (Lipinski definition) is 5. The molecule has 7 heteroatoms. The number of carbonyl (C=O) groups is 2. The predicted molar refractivity (Wildman–Crippen MR) is 97.6 cm³/mol. The minimum absolute atomic E-state index is 0.00383. The largest absolute Gasteiger partial charge is 0.448 e. The average molecular weight is 359 g/mol. The third kappa shape index (κ3) is 4.36. The Morgan fingerprint density at radius 2 is 2.12 bits per heavy atom. The monoisotopic (exact) mass is 359 g/mol. The van der Waals surface area contributed by atoms with Crippen molar-refractivity contribution in [3.8, 4) is 11.3 Å². The van der Waals surface area contributed by atoms with Crippen molar-refractivity contribution in [2.45, 2.75) is 20.3 Å². The molecular weight excluding hydrogens is 338 g/mol. The van der Waals surface area contributed by atoms with Crippen molar-refractivity contribution in [2.24, 2.45) is 5.92 Å². The molecule has 3 rings (SSSR count). The number of nitrogens with zero attached hydrogens (tertiary/aromatic N) is 2. The molecule has 1 fully saturated rings. The van der Waals surface area contributed by atoms with E-state index in [1.807, 2.05) is 43.5 Å². The van der Waals surface area contributed by atoms with Gasteiger partial charge in [-0.2, -0.15) is 0 Å². The predicted octanol–water partition coefficient (Wildman–Crippen LogP) is 3.40. The molecule has 1 N–H and O–H groups in total. The third-order valence-electron chi connectivity index (χ3n) is 3.96. The molecule has 0 radical (unpaired) electrons. The molecular formula is C18H21N3O3S. The van der Waals surface area contributed by atoms with Gasteiger partial charge in [0.2, 0.25) is 5.91 Å². The number of hydrogen-bond donors (Lipinski definition) is 1. The van der Waals surface area contributed by atoms with Crippen molar-refractivity contribution in [3.05, 3.63) is 34.7 Å². The average Bonchev–Trinajstić information content (AvgIpc) is 3.22. The molecule has 1 aliphatic heterocycles. The molecule has 1 aromatic heterocycles. The SMILES string of the molecule is CC(C)C(=O)Nc1ccc(-c2csc(CCN3CCOC3=O)n2)cc1. The molecule has 6 nitrogen and oxygen atoms in total. The van der Waals surface area contributed by atoms with E-state index in [2.05, 4.69) is 10.3 Å². The molecule has 1 aliphatic rings. The number of amides is 2. The fourth-order valence-corrected chi connectivity index (χ4v) is 3.23. The topological polar surface area (TPSA) is 71.5 Å². The first-order valence-electron chi connectivity index (χ1n) is 8.30. The minimum atomic E-state index is -0.240. The maximum absolute atomic E-state index is 11.7. The van der Waals surface area contributed by atoms with Gasteiger partial charge in [0, 0.05) is 35.5 Å². The van der Waals surface area contributed by atoms with Crippen LogP contribution < -0.4 is 5.32 Å². The first-order chi connectivity index (χ1) is 12.0. The summed E-state index contributed by atoms with van der Waals surface area (Å²) in [6.45, 7) is 5.49. The van der Waals surface area contributed by atoms with Crippen LogP contribution in [-0.4, -0.2) is 41.6 Å². The van der Waals surface area contributed by atoms with E-state index >= 15 is 0 Å². The van der Waals surface area contributed by atoms with Gasteiger partial charge in [-0.3, -0.25) is 4.79 Å². The number of carbonyl (C=O) groups excluding carboxylic acids is 2. The first-order valence-corrected chi connectivity index (χ1v) is 9.18. The summed E-state index contributed by atoms with van der Waals surface area (Å²) in [5.41, 5.74) is 2.70. The Bertz CT molecular complexity index is 755. The summed E-state index contributed by atoms with van der Waals surface area (Å²) >= 11 is 1.59. The quantitative estimate of drug-likeness (QED) is 0.858. The van der Waals surface area contributed by atoms with Gasteiger partial charge in [0.15, 0.2) is 0 Å². The smallest absolute Gasteiger partial charge is 0.409 e. The lowest BCUT2D eigenvalue weighted by molar-refractivity contribution is -0.118. The second-order valence-electron chi connectivity index (χ2n) is 6.20. The molecule has 2 aromatic rings. The Hall–Kier alpha value is -2.41. The third-order valence-corrected chi connectivity index (χ3v) is 4.87. The van der Waals surface area contributed by atoms with E-state index in [1.54, 1.807) is 16.2 Å². The number of cyclic esters (lactones) is 1. The second kappa shape index (κ2) is 7.65. The number of nitrogens with one attached hydrogen (secondary N) is 1. The van der Waals surface area contributed by atoms with Crippen LogP contribution in [0.5, 0.6) is 0 Å². The van der Waals surface area contributed by atoms with E-state index in [0.29, 0.717) is 19.7 Å². The van der Waals surface area contributed by atoms with E-state index in [1.165, 1.54) is 0 Å². The molecule has 132 valence electrons. The summed E-state index contributed by atoms with van der Waals surface area (Å²) in [5.74, 6) is -0.0437. The van der Waals surface area contributed by atoms with Crippen LogP contribution in [0.15, 0.2) is 29.6 Å². The maximum Gasteiger partial charge on any atom is 0.409 e. The van der Waals surface area contributed by atoms with Crippen molar-refractivity contribution >= 4 is 29.0 Å². The van der Waals surface area contributed by atoms with Crippen LogP contribution in [0.1, 0.15) is 18.9 Å². The zero-order chi connectivity index (χ0) is 17.8. The van der Waals surface area contributed by atoms with Crippen molar-refractivity contribution in [3.63, 3.8) is 0 Å². The molecule has 1 aromatic carbocycles. The molecule has 0 bridgehead atoms. The van der Waals surface area contributed by atoms with Gasteiger partial charge in [-0.05, 0) is 12.1 Å². The van der Waals surface area contributed by atoms with Crippen LogP contribution in [0.2, 0.25) is 0 Å². The Morgan fingerprint density at radius 3 is 2.76 bits per heavy atom. The van der Waals surface area contributed by atoms with Crippen molar-refractivity contribution < 1.29 is 14.3 Å². The van der Waals surface area contributed by atoms with Gasteiger partial charge in [-0.1, -0.05) is 26.0 Å². The van der Waals surface area contributed by atoms with E-state index in [-0.39, 0.29) is 17.9 Å². The Balaban J connectivity index is 1.60. The highest BCUT2D eigenvalue weighted by molar-refractivity contribution is 7.09. The summed E-state index contributed by atoms with van der Waals surface area (Å²) in [5, 5.41) is 5.88. The number of aromatic nitrogens is 1. The highest BCUT2D eigenvalue weighted by Crippen LogP contribution is 2.24. The fourth-order valence-electron chi connectivity index (χ4n) is 2.43. The fraction of sp³-hybridized carbons (Fsp3) is 0.389. The molecule has 0 aliphatic carbocycles. The van der Waals surface area contributed by atoms with E-state index in [0.717, 1.165) is 28.4 Å². The van der Waals surface area contributed by atoms with Crippen LogP contribution in [0.3, 0.4) is 0 Å². The number of anilines is 1. The molecule has 2 heterocycles. The Morgan fingerprint density at radius 1 is 1.36 bits per heavy atom. The van der Waals surface area contributed by atoms with Gasteiger partial charge in [0.1, 0.15) is 6.61 Å². The zero-order valence-electron chi connectivity index (χ0n) is 14.3. The summed E-state index contributed by atoms with van der Waals surface area (Å²) < 4.78 is 4.92. The van der Waals surface area contributed by atoms with E-state index < -0.39 is 0 Å². The standard InChI is InChI=1S/C18H21N3O3S/c1-12(2)17(22)19-14-5-3-13(4-6-14)15-11-25-16(20-15)7-8-21-9-10-24-18(21)23/h3-6,11-12H,7-10H2,1-2H3,(H,19,22). The Labute approximate surface area is 150 Å². The summed E-state index contributed by atoms with van der Waals surface area (Å²) in [6.07, 6.45) is 0.485. The van der Waals surface area contributed by atoms with Crippen molar-refractivity contribution in [1.29, 1.82) is 0 Å². The maximum atomic E-state index is 11.7. The highest BCUT2D eigenvalue weighted by Gasteiger charge is 2.21. The molecule has 0 saturated carbocycles. The molecule has 0 atom stereocenters. The van der Waals surface area contributed by atoms with Crippen molar-refractivity contribution in [1.82, 2.24) is 9.88 Å². The van der Waals surface area contributed by atoms with Crippen LogP contribution >= 0.6 is 11.3 Å². The van der Waals surface area contributed by atoms with Crippen LogP contribution in [-0.2, 0) is 16.0 Å². The van der Waals surface area contributed by atoms with Gasteiger partial charge < -0.3 is 15.0 Å². The molecule has 25 heavy (non-hydrogen) atoms. The molecule has 0 unspecified atom stereocenters. The second-order valence-corrected chi connectivity index (χ2v) is 7.14. The summed E-state index contributed by atoms with van der Waals surface area (Å²) in [4.78, 5) is 29.5. The van der Waals surface area contributed by atoms with Gasteiger partial charge in [-0.15, -0.1) is 11.3 Å². The van der Waals surface area contributed by atoms with Crippen LogP contribution in [0.25, 0.3) is 11.3 Å². The number of ether oxygens (including phenoxy) is 1. The first kappa shape index (κ1) is 17.4. The van der Waals surface area contributed by atoms with Gasteiger partial charge in [-0.25, -0.2) is 9.78 Å². The van der Waals surface area contributed by atoms with E-state index in [4.69, 9.17) is 4.74 Å². The van der Waals surface area contributed by atoms with E-state index in [9.17, 15) is 9.59 Å². The zero-order valence-corrected chi connectivity index (χ0v) is 15.1. The number of thiazole rings is 1. The molecule has 1 saturated heterocycles. The highest BCUT2D eigenvalue weighted by atomic mass is 32.1. The number of rotatable bonds is 6. The van der Waals surface area contributed by atoms with Crippen LogP contribution in [0, 0.1) is 5.92 Å². The van der Waals surface area contributed by atoms with Gasteiger partial charge >= 0.3 is 6.09 Å². The molecule has 2 amide bonds. The Kier molecular flexibility index (Phi) is 5.33. The summed E-state index contributed by atoms with van der Waals surface area (Å²) in [6, 6.07) is 7.67. The lowest BCUT2D eigenvalue weighted by atomic mass is 10.1. The van der Waals surface area contributed by atoms with Gasteiger partial charge in [0.25, 0.3) is 0 Å². The lowest BCUT2D eigenvalue weighted by Gasteiger charge is -2.10. The summed E-state index contributed by atoms with van der Waals surface area (Å²) in [7, 11) is 0. The van der Waals surface area contributed by atoms with Gasteiger partial charge in [0.05, 0.1) is 17.2 Å². The lowest BCUT2D eigenvalue weighted by Crippen LogP contribution is -2.26. The number of benzene rings is 1. The van der Waals surface area contributed by atoms with Crippen LogP contribution in [0.4, 0.5) is 10.5 Å². The van der Waals surface area contributed by atoms with Crippen molar-refractivity contribution in [2.75, 3.05) is 25.0 Å². The minimum Gasteiger partial charge on any atom is -0.448 e. The normalized spacial score (nSPS) is 14.0.